The van der Waals surface area contributed by atoms with Gasteiger partial charge in [0.05, 0.1) is 5.56 Å². The molecule has 4 aromatic rings. The van der Waals surface area contributed by atoms with Crippen molar-refractivity contribution in [3.8, 4) is 33.4 Å². The van der Waals surface area contributed by atoms with Crippen LogP contribution in [0.5, 0.6) is 0 Å². The topological polar surface area (TPSA) is 0 Å². The van der Waals surface area contributed by atoms with E-state index < -0.39 is 57.4 Å². The van der Waals surface area contributed by atoms with Crippen molar-refractivity contribution in [1.29, 1.82) is 0 Å². The molecule has 0 N–H and O–H groups in total. The number of hydrogen-bond acceptors (Lipinski definition) is 0. The Morgan fingerprint density at radius 3 is 1.28 bits per heavy atom. The van der Waals surface area contributed by atoms with Gasteiger partial charge in [0.2, 0.25) is 0 Å². The van der Waals surface area contributed by atoms with Gasteiger partial charge in [-0.3, -0.25) is 0 Å². The maximum absolute atomic E-state index is 14.8. The molecular weight excluding hydrogens is 433 g/mol. The van der Waals surface area contributed by atoms with Gasteiger partial charge in [0.25, 0.3) is 0 Å². The van der Waals surface area contributed by atoms with Crippen molar-refractivity contribution in [1.82, 2.24) is 0 Å². The maximum Gasteiger partial charge on any atom is 0.194 e. The molecule has 0 fully saturated rings. The molecule has 0 saturated heterocycles. The van der Waals surface area contributed by atoms with Gasteiger partial charge in [0.1, 0.15) is 11.6 Å². The second-order valence-electron chi connectivity index (χ2n) is 7.22. The first-order chi connectivity index (χ1) is 15.2. The molecule has 0 radical (unpaired) electrons. The lowest BCUT2D eigenvalue weighted by Crippen LogP contribution is -1.98. The Bertz CT molecular complexity index is 1300. The molecule has 4 aromatic carbocycles. The summed E-state index contributed by atoms with van der Waals surface area (Å²) in [4.78, 5) is 0. The molecule has 32 heavy (non-hydrogen) atoms. The smallest absolute Gasteiger partial charge is 0.194 e. The van der Waals surface area contributed by atoms with Crippen LogP contribution in [0.3, 0.4) is 0 Å². The lowest BCUT2D eigenvalue weighted by molar-refractivity contribution is 0.447. The fraction of sp³-hybridized carbons (Fsp3) is 0.0400. The molecule has 0 amide bonds. The Morgan fingerprint density at radius 2 is 0.844 bits per heavy atom. The van der Waals surface area contributed by atoms with Crippen LogP contribution in [-0.4, -0.2) is 0 Å². The molecule has 7 heteroatoms. The molecule has 0 aliphatic rings. The van der Waals surface area contributed by atoms with E-state index in [1.54, 1.807) is 12.1 Å². The third-order valence-corrected chi connectivity index (χ3v) is 5.07. The van der Waals surface area contributed by atoms with Crippen LogP contribution in [0.1, 0.15) is 5.56 Å². The van der Waals surface area contributed by atoms with Crippen molar-refractivity contribution in [3.63, 3.8) is 0 Å². The van der Waals surface area contributed by atoms with Crippen molar-refractivity contribution in [2.75, 3.05) is 0 Å². The van der Waals surface area contributed by atoms with Gasteiger partial charge in [0.15, 0.2) is 29.1 Å². The zero-order valence-electron chi connectivity index (χ0n) is 16.4. The predicted molar refractivity (Wildman–Crippen MR) is 107 cm³/mol. The van der Waals surface area contributed by atoms with Crippen molar-refractivity contribution >= 4 is 0 Å². The Labute approximate surface area is 178 Å². The second-order valence-corrected chi connectivity index (χ2v) is 7.22. The molecule has 0 nitrogen and oxygen atoms in total. The van der Waals surface area contributed by atoms with Crippen LogP contribution in [0.15, 0.2) is 60.7 Å². The molecule has 0 unspecified atom stereocenters. The summed E-state index contributed by atoms with van der Waals surface area (Å²) in [6, 6.07) is 11.2. The van der Waals surface area contributed by atoms with Crippen LogP contribution in [0.2, 0.25) is 0 Å². The Kier molecular flexibility index (Phi) is 5.50. The minimum atomic E-state index is -1.74. The normalized spacial score (nSPS) is 11.1. The summed E-state index contributed by atoms with van der Waals surface area (Å²) in [5, 5.41) is 0. The van der Waals surface area contributed by atoms with Crippen LogP contribution < -0.4 is 0 Å². The highest BCUT2D eigenvalue weighted by Crippen LogP contribution is 2.35. The predicted octanol–water partition coefficient (Wildman–Crippen LogP) is 7.97. The number of halogens is 7. The number of aryl methyl sites for hydroxylation is 1. The average Bonchev–Trinajstić information content (AvgIpc) is 2.74. The fourth-order valence-electron chi connectivity index (χ4n) is 3.43. The average molecular weight is 446 g/mol. The van der Waals surface area contributed by atoms with E-state index in [0.29, 0.717) is 12.1 Å². The first-order valence-corrected chi connectivity index (χ1v) is 9.36. The van der Waals surface area contributed by atoms with Crippen molar-refractivity contribution < 1.29 is 30.7 Å². The van der Waals surface area contributed by atoms with Crippen molar-refractivity contribution in [3.05, 3.63) is 107 Å². The van der Waals surface area contributed by atoms with E-state index in [1.165, 1.54) is 12.1 Å². The fourth-order valence-corrected chi connectivity index (χ4v) is 3.43. The van der Waals surface area contributed by atoms with Gasteiger partial charge >= 0.3 is 0 Å². The van der Waals surface area contributed by atoms with Crippen LogP contribution in [-0.2, 0) is 0 Å². The standard InChI is InChI=1S/C25H13F7/c1-12-2-4-13(5-3-12)22-18(26)8-14(9-19(22)27)16-6-7-17(24(31)23(16)30)15-10-20(28)25(32)21(29)11-15/h2-11H,1H3. The highest BCUT2D eigenvalue weighted by molar-refractivity contribution is 5.75. The summed E-state index contributed by atoms with van der Waals surface area (Å²) >= 11 is 0. The van der Waals surface area contributed by atoms with E-state index in [2.05, 4.69) is 0 Å². The van der Waals surface area contributed by atoms with E-state index in [9.17, 15) is 30.7 Å². The summed E-state index contributed by atoms with van der Waals surface area (Å²) in [6.07, 6.45) is 0. The lowest BCUT2D eigenvalue weighted by atomic mass is 9.96. The Hall–Kier alpha value is -3.61. The van der Waals surface area contributed by atoms with Gasteiger partial charge in [-0.25, -0.2) is 30.7 Å². The first-order valence-electron chi connectivity index (χ1n) is 9.36. The third kappa shape index (κ3) is 3.75. The monoisotopic (exact) mass is 446 g/mol. The minimum Gasteiger partial charge on any atom is -0.206 e. The Balaban J connectivity index is 1.80. The molecule has 0 aliphatic carbocycles. The van der Waals surface area contributed by atoms with Crippen LogP contribution >= 0.6 is 0 Å². The molecule has 0 saturated carbocycles. The van der Waals surface area contributed by atoms with E-state index >= 15 is 0 Å². The third-order valence-electron chi connectivity index (χ3n) is 5.07. The van der Waals surface area contributed by atoms with E-state index in [-0.39, 0.29) is 16.7 Å². The largest absolute Gasteiger partial charge is 0.206 e. The van der Waals surface area contributed by atoms with Crippen LogP contribution in [0.4, 0.5) is 30.7 Å². The zero-order chi connectivity index (χ0) is 23.2. The Morgan fingerprint density at radius 1 is 0.438 bits per heavy atom. The highest BCUT2D eigenvalue weighted by atomic mass is 19.2. The number of hydrogen-bond donors (Lipinski definition) is 0. The van der Waals surface area contributed by atoms with Gasteiger partial charge in [0, 0.05) is 11.1 Å². The van der Waals surface area contributed by atoms with E-state index in [4.69, 9.17) is 0 Å². The van der Waals surface area contributed by atoms with Gasteiger partial charge in [-0.2, -0.15) is 0 Å². The molecule has 0 heterocycles. The summed E-state index contributed by atoms with van der Waals surface area (Å²) in [6.45, 7) is 1.81. The van der Waals surface area contributed by atoms with Crippen molar-refractivity contribution in [2.24, 2.45) is 0 Å². The number of benzene rings is 4. The number of rotatable bonds is 3. The maximum atomic E-state index is 14.8. The first kappa shape index (κ1) is 21.6. The summed E-state index contributed by atoms with van der Waals surface area (Å²) in [5.74, 6) is -9.82. The van der Waals surface area contributed by atoms with E-state index in [1.807, 2.05) is 6.92 Å². The molecule has 4 rings (SSSR count). The summed E-state index contributed by atoms with van der Waals surface area (Å²) < 4.78 is 99.0. The SMILES string of the molecule is Cc1ccc(-c2c(F)cc(-c3ccc(-c4cc(F)c(F)c(F)c4)c(F)c3F)cc2F)cc1. The molecule has 162 valence electrons. The quantitative estimate of drug-likeness (QED) is 0.221. The van der Waals surface area contributed by atoms with Gasteiger partial charge in [-0.1, -0.05) is 42.0 Å². The summed E-state index contributed by atoms with van der Waals surface area (Å²) in [5.41, 5.74) is -0.844. The van der Waals surface area contributed by atoms with Crippen LogP contribution in [0.25, 0.3) is 33.4 Å². The molecule has 0 bridgehead atoms. The van der Waals surface area contributed by atoms with Crippen LogP contribution in [0, 0.1) is 47.6 Å². The van der Waals surface area contributed by atoms with Gasteiger partial charge in [-0.05, 0) is 47.9 Å². The zero-order valence-corrected chi connectivity index (χ0v) is 16.4. The van der Waals surface area contributed by atoms with Gasteiger partial charge in [-0.15, -0.1) is 0 Å². The molecule has 0 atom stereocenters. The molecule has 0 spiro atoms. The summed E-state index contributed by atoms with van der Waals surface area (Å²) in [7, 11) is 0. The molecule has 0 aromatic heterocycles. The lowest BCUT2D eigenvalue weighted by Gasteiger charge is -2.12. The minimum absolute atomic E-state index is 0.268. The van der Waals surface area contributed by atoms with Crippen molar-refractivity contribution in [2.45, 2.75) is 6.92 Å². The molecular formula is C25H13F7. The molecule has 0 aliphatic heterocycles. The van der Waals surface area contributed by atoms with E-state index in [0.717, 1.165) is 29.8 Å². The highest BCUT2D eigenvalue weighted by Gasteiger charge is 2.21. The van der Waals surface area contributed by atoms with Gasteiger partial charge < -0.3 is 0 Å². The second kappa shape index (κ2) is 8.15.